The highest BCUT2D eigenvalue weighted by Gasteiger charge is 2.38. The van der Waals surface area contributed by atoms with E-state index in [9.17, 15) is 31.6 Å². The van der Waals surface area contributed by atoms with Crippen LogP contribution in [0.15, 0.2) is 56.5 Å². The molecule has 3 aliphatic rings. The molecule has 6 atom stereocenters. The molecular formula is C39H55N5O9S2. The number of oxime groups is 2. The van der Waals surface area contributed by atoms with Crippen molar-refractivity contribution in [3.05, 3.63) is 58.7 Å². The lowest BCUT2D eigenvalue weighted by molar-refractivity contribution is -0.158. The molecule has 2 aliphatic heterocycles. The quantitative estimate of drug-likeness (QED) is 0.117. The van der Waals surface area contributed by atoms with Crippen molar-refractivity contribution >= 4 is 43.5 Å². The van der Waals surface area contributed by atoms with Gasteiger partial charge < -0.3 is 15.3 Å². The molecule has 2 saturated heterocycles. The van der Waals surface area contributed by atoms with Gasteiger partial charge in [0.1, 0.15) is 23.1 Å². The Morgan fingerprint density at radius 3 is 1.62 bits per heavy atom. The van der Waals surface area contributed by atoms with E-state index < -0.39 is 43.8 Å². The molecule has 0 aromatic heterocycles. The van der Waals surface area contributed by atoms with Crippen molar-refractivity contribution < 1.29 is 41.2 Å². The number of carbonyl (C=O) groups is 2. The number of nitrogens with one attached hydrogen (secondary N) is 1. The molecule has 5 rings (SSSR count). The van der Waals surface area contributed by atoms with Crippen LogP contribution in [0, 0.1) is 29.6 Å². The maximum Gasteiger partial charge on any atom is 0.434 e. The van der Waals surface area contributed by atoms with E-state index in [2.05, 4.69) is 15.6 Å². The van der Waals surface area contributed by atoms with Gasteiger partial charge in [-0.2, -0.15) is 8.61 Å². The highest BCUT2D eigenvalue weighted by atomic mass is 32.2. The van der Waals surface area contributed by atoms with E-state index in [0.29, 0.717) is 32.6 Å². The Kier molecular flexibility index (Phi) is 12.5. The standard InChI is InChI=1S/C39H55N5O9S2/c1-10-27(6)34(37(45)52-39(7,8)9)40-38(46)53-42-36-30-13-11-28(54(48,49)43-19-23(2)15-24(3)20-43)17-32(30)35(41-47)33-18-29(12-14-31(33)36)55(50,51)44-21-25(4)16-26(5)22-44/h11-14,17-18,23-27,34,47H,10,15-16,19-22H2,1-9H3,(H,40,46)/t23-,24+,25-,26+,27?,34?. The molecule has 55 heavy (non-hydrogen) atoms. The number of hydrogen-bond acceptors (Lipinski definition) is 11. The predicted octanol–water partition coefficient (Wildman–Crippen LogP) is 5.79. The van der Waals surface area contributed by atoms with Gasteiger partial charge in [0, 0.05) is 48.4 Å². The van der Waals surface area contributed by atoms with Gasteiger partial charge in [0.05, 0.1) is 9.79 Å². The Balaban J connectivity index is 1.60. The van der Waals surface area contributed by atoms with Gasteiger partial charge in [0.2, 0.25) is 20.0 Å². The Hall–Kier alpha value is -3.86. The van der Waals surface area contributed by atoms with Crippen LogP contribution in [-0.4, -0.2) is 92.0 Å². The van der Waals surface area contributed by atoms with Gasteiger partial charge in [-0.25, -0.2) is 26.4 Å². The Labute approximate surface area is 325 Å². The van der Waals surface area contributed by atoms with Crippen molar-refractivity contribution in [2.75, 3.05) is 26.2 Å². The van der Waals surface area contributed by atoms with E-state index in [0.717, 1.165) is 12.8 Å². The number of nitrogens with zero attached hydrogens (tertiary/aromatic N) is 4. The molecular weight excluding hydrogens is 747 g/mol. The lowest BCUT2D eigenvalue weighted by Crippen LogP contribution is -2.47. The zero-order chi connectivity index (χ0) is 40.6. The molecule has 1 aliphatic carbocycles. The molecule has 2 unspecified atom stereocenters. The Bertz CT molecular complexity index is 1950. The fourth-order valence-electron chi connectivity index (χ4n) is 7.85. The van der Waals surface area contributed by atoms with E-state index >= 15 is 0 Å². The molecule has 2 heterocycles. The van der Waals surface area contributed by atoms with E-state index in [1.165, 1.54) is 45.0 Å². The zero-order valence-corrected chi connectivity index (χ0v) is 34.8. The zero-order valence-electron chi connectivity index (χ0n) is 33.2. The first kappa shape index (κ1) is 42.3. The van der Waals surface area contributed by atoms with Crippen LogP contribution in [-0.2, 0) is 34.4 Å². The summed E-state index contributed by atoms with van der Waals surface area (Å²) < 4.78 is 64.6. The molecule has 0 radical (unpaired) electrons. The lowest BCUT2D eigenvalue weighted by Gasteiger charge is -2.34. The summed E-state index contributed by atoms with van der Waals surface area (Å²) in [5.74, 6) is -0.336. The number of ether oxygens (including phenoxy) is 1. The Morgan fingerprint density at radius 2 is 1.24 bits per heavy atom. The number of carbonyl (C=O) groups excluding carboxylic acids is 2. The molecule has 302 valence electrons. The summed E-state index contributed by atoms with van der Waals surface area (Å²) in [6, 6.07) is 7.54. The fourth-order valence-corrected chi connectivity index (χ4v) is 11.3. The van der Waals surface area contributed by atoms with Crippen molar-refractivity contribution in [3.63, 3.8) is 0 Å². The molecule has 14 nitrogen and oxygen atoms in total. The number of piperidine rings is 2. The van der Waals surface area contributed by atoms with E-state index in [1.54, 1.807) is 27.7 Å². The molecule has 0 saturated carbocycles. The average Bonchev–Trinajstić information content (AvgIpc) is 3.09. The molecule has 0 bridgehead atoms. The van der Waals surface area contributed by atoms with Gasteiger partial charge in [-0.1, -0.05) is 70.4 Å². The van der Waals surface area contributed by atoms with Crippen LogP contribution in [0.5, 0.6) is 0 Å². The highest BCUT2D eigenvalue weighted by molar-refractivity contribution is 7.89. The van der Waals surface area contributed by atoms with Gasteiger partial charge >= 0.3 is 12.1 Å². The second kappa shape index (κ2) is 16.3. The number of fused-ring (bicyclic) bond motifs is 2. The number of rotatable bonds is 9. The molecule has 0 spiro atoms. The van der Waals surface area contributed by atoms with Crippen LogP contribution in [0.2, 0.25) is 0 Å². The summed E-state index contributed by atoms with van der Waals surface area (Å²) in [6.07, 6.45) is 1.30. The minimum Gasteiger partial charge on any atom is -0.458 e. The minimum atomic E-state index is -4.00. The van der Waals surface area contributed by atoms with E-state index in [-0.39, 0.29) is 73.1 Å². The molecule has 2 aromatic carbocycles. The smallest absolute Gasteiger partial charge is 0.434 e. The molecule has 2 N–H and O–H groups in total. The topological polar surface area (TPSA) is 184 Å². The number of sulfonamides is 2. The largest absolute Gasteiger partial charge is 0.458 e. The molecule has 16 heteroatoms. The summed E-state index contributed by atoms with van der Waals surface area (Å²) in [5, 5.41) is 20.9. The summed E-state index contributed by atoms with van der Waals surface area (Å²) in [7, 11) is -8.00. The predicted molar refractivity (Wildman–Crippen MR) is 208 cm³/mol. The van der Waals surface area contributed by atoms with Crippen molar-refractivity contribution in [2.45, 2.75) is 103 Å². The average molecular weight is 802 g/mol. The van der Waals surface area contributed by atoms with Gasteiger partial charge in [0.25, 0.3) is 0 Å². The molecule has 2 fully saturated rings. The van der Waals surface area contributed by atoms with Crippen LogP contribution in [0.1, 0.15) is 104 Å². The highest BCUT2D eigenvalue weighted by Crippen LogP contribution is 2.35. The van der Waals surface area contributed by atoms with Crippen LogP contribution in [0.3, 0.4) is 0 Å². The summed E-state index contributed by atoms with van der Waals surface area (Å²) >= 11 is 0. The second-order valence-corrected chi connectivity index (χ2v) is 20.6. The van der Waals surface area contributed by atoms with Gasteiger partial charge in [0.15, 0.2) is 0 Å². The van der Waals surface area contributed by atoms with Gasteiger partial charge in [-0.15, -0.1) is 0 Å². The number of esters is 1. The molecule has 1 amide bonds. The third kappa shape index (κ3) is 9.24. The minimum absolute atomic E-state index is 0.0519. The first-order valence-corrected chi connectivity index (χ1v) is 21.8. The van der Waals surface area contributed by atoms with E-state index in [4.69, 9.17) is 9.57 Å². The number of amides is 1. The van der Waals surface area contributed by atoms with Crippen LogP contribution in [0.4, 0.5) is 4.79 Å². The van der Waals surface area contributed by atoms with Gasteiger partial charge in [-0.05, 0) is 87.5 Å². The van der Waals surface area contributed by atoms with Crippen LogP contribution < -0.4 is 5.32 Å². The van der Waals surface area contributed by atoms with Crippen LogP contribution in [0.25, 0.3) is 0 Å². The summed E-state index contributed by atoms with van der Waals surface area (Å²) in [5.41, 5.74) is -0.0113. The first-order chi connectivity index (χ1) is 25.7. The fraction of sp³-hybridized carbons (Fsp3) is 0.590. The number of benzene rings is 2. The maximum atomic E-state index is 14.0. The van der Waals surface area contributed by atoms with Crippen LogP contribution >= 0.6 is 0 Å². The monoisotopic (exact) mass is 801 g/mol. The second-order valence-electron chi connectivity index (χ2n) is 16.8. The summed E-state index contributed by atoms with van der Waals surface area (Å²) in [6.45, 7) is 18.2. The van der Waals surface area contributed by atoms with E-state index in [1.807, 2.05) is 34.6 Å². The maximum absolute atomic E-state index is 14.0. The van der Waals surface area contributed by atoms with Crippen molar-refractivity contribution in [2.24, 2.45) is 39.9 Å². The molecule has 2 aromatic rings. The lowest BCUT2D eigenvalue weighted by atomic mass is 9.83. The van der Waals surface area contributed by atoms with Crippen molar-refractivity contribution in [3.8, 4) is 0 Å². The Morgan fingerprint density at radius 1 is 0.800 bits per heavy atom. The van der Waals surface area contributed by atoms with Crippen molar-refractivity contribution in [1.29, 1.82) is 0 Å². The van der Waals surface area contributed by atoms with Crippen molar-refractivity contribution in [1.82, 2.24) is 13.9 Å². The summed E-state index contributed by atoms with van der Waals surface area (Å²) in [4.78, 5) is 31.6. The number of hydrogen-bond donors (Lipinski definition) is 2. The van der Waals surface area contributed by atoms with Gasteiger partial charge in [-0.3, -0.25) is 4.84 Å². The SMILES string of the molecule is CCC(C)C(NC(=O)ON=C1c2ccc(S(=O)(=O)N3C[C@H](C)C[C@H](C)C3)cc2C(=NO)c2cc(S(=O)(=O)N3C[C@H](C)C[C@H](C)C3)ccc21)C(=O)OC(C)(C)C. The first-order valence-electron chi connectivity index (χ1n) is 19.0. The third-order valence-electron chi connectivity index (χ3n) is 10.4. The third-order valence-corrected chi connectivity index (χ3v) is 14.1. The normalized spacial score (nSPS) is 23.5.